The van der Waals surface area contributed by atoms with Gasteiger partial charge in [-0.15, -0.1) is 0 Å². The Kier molecular flexibility index (Phi) is 11.5. The van der Waals surface area contributed by atoms with Crippen molar-refractivity contribution in [2.45, 2.75) is 99.2 Å². The van der Waals surface area contributed by atoms with Crippen LogP contribution in [0.15, 0.2) is 0 Å². The number of aliphatic hydroxyl groups excluding tert-OH is 7. The molecule has 0 aromatic heterocycles. The number of hydrogen-bond donors (Lipinski definition) is 12. The molecule has 236 valence electrons. The third-order valence-corrected chi connectivity index (χ3v) is 6.72. The van der Waals surface area contributed by atoms with E-state index in [0.717, 1.165) is 13.8 Å². The number of ether oxygens (including phenoxy) is 3. The molecule has 2 aliphatic rings. The van der Waals surface area contributed by atoms with Gasteiger partial charge < -0.3 is 75.9 Å². The Morgan fingerprint density at radius 3 is 1.73 bits per heavy atom. The molecule has 0 spiro atoms. The third-order valence-electron chi connectivity index (χ3n) is 6.72. The van der Waals surface area contributed by atoms with Crippen molar-refractivity contribution in [2.24, 2.45) is 0 Å². The number of carboxylic acid groups (broad SMARTS) is 2. The largest absolute Gasteiger partial charge is 0.477 e. The lowest BCUT2D eigenvalue weighted by Gasteiger charge is -2.49. The molecule has 2 saturated heterocycles. The molecule has 2 fully saturated rings. The molecule has 0 unspecified atom stereocenters. The fraction of sp³-hybridized carbons (Fsp3) is 0.818. The lowest BCUT2D eigenvalue weighted by molar-refractivity contribution is -0.342. The highest BCUT2D eigenvalue weighted by Crippen LogP contribution is 2.37. The van der Waals surface area contributed by atoms with Gasteiger partial charge in [0.1, 0.15) is 36.6 Å². The van der Waals surface area contributed by atoms with Gasteiger partial charge in [0.05, 0.1) is 37.5 Å². The van der Waals surface area contributed by atoms with E-state index < -0.39 is 122 Å². The van der Waals surface area contributed by atoms with E-state index in [2.05, 4.69) is 10.6 Å². The van der Waals surface area contributed by atoms with E-state index in [1.54, 1.807) is 0 Å². The number of nitrogens with one attached hydrogen (secondary N) is 2. The van der Waals surface area contributed by atoms with Crippen molar-refractivity contribution in [3.05, 3.63) is 0 Å². The van der Waals surface area contributed by atoms with Gasteiger partial charge in [0.25, 0.3) is 11.6 Å². The van der Waals surface area contributed by atoms with Crippen LogP contribution in [0.1, 0.15) is 26.7 Å². The van der Waals surface area contributed by atoms with Gasteiger partial charge in [-0.1, -0.05) is 0 Å². The van der Waals surface area contributed by atoms with Crippen LogP contribution in [-0.4, -0.2) is 161 Å². The van der Waals surface area contributed by atoms with E-state index in [0.29, 0.717) is 0 Å². The van der Waals surface area contributed by atoms with Gasteiger partial charge in [-0.05, 0) is 0 Å². The minimum atomic E-state index is -3.09. The maximum atomic E-state index is 12.4. The van der Waals surface area contributed by atoms with Crippen LogP contribution in [0, 0.1) is 0 Å². The molecule has 0 aromatic carbocycles. The minimum absolute atomic E-state index is 0.760. The van der Waals surface area contributed by atoms with Crippen molar-refractivity contribution >= 4 is 23.8 Å². The van der Waals surface area contributed by atoms with Crippen LogP contribution in [0.5, 0.6) is 0 Å². The van der Waals surface area contributed by atoms with Crippen LogP contribution in [0.4, 0.5) is 0 Å². The molecule has 12 atom stereocenters. The summed E-state index contributed by atoms with van der Waals surface area (Å²) in [5.41, 5.74) is 0. The number of amides is 2. The van der Waals surface area contributed by atoms with Gasteiger partial charge in [-0.25, -0.2) is 9.59 Å². The van der Waals surface area contributed by atoms with Gasteiger partial charge >= 0.3 is 11.9 Å². The zero-order valence-electron chi connectivity index (χ0n) is 21.9. The number of hydrogen-bond acceptors (Lipinski definition) is 15. The highest BCUT2D eigenvalue weighted by Gasteiger charge is 2.59. The van der Waals surface area contributed by atoms with Crippen LogP contribution in [-0.2, 0) is 33.4 Å². The van der Waals surface area contributed by atoms with Crippen molar-refractivity contribution in [3.63, 3.8) is 0 Å². The van der Waals surface area contributed by atoms with Crippen LogP contribution in [0.3, 0.4) is 0 Å². The first-order valence-electron chi connectivity index (χ1n) is 12.3. The summed E-state index contributed by atoms with van der Waals surface area (Å²) in [5, 5.41) is 106. The molecule has 2 aliphatic heterocycles. The Balaban J connectivity index is 2.49. The maximum Gasteiger partial charge on any atom is 0.364 e. The van der Waals surface area contributed by atoms with Crippen molar-refractivity contribution in [1.82, 2.24) is 10.6 Å². The molecule has 19 nitrogen and oxygen atoms in total. The summed E-state index contributed by atoms with van der Waals surface area (Å²) in [6.45, 7) is -0.288. The molecule has 0 aromatic rings. The number of carboxylic acids is 2. The molecular formula is C22H36N2O17. The van der Waals surface area contributed by atoms with E-state index in [-0.39, 0.29) is 0 Å². The molecule has 2 amide bonds. The number of aliphatic hydroxyl groups is 8. The van der Waals surface area contributed by atoms with Crippen molar-refractivity contribution in [2.75, 3.05) is 13.2 Å². The zero-order chi connectivity index (χ0) is 31.4. The van der Waals surface area contributed by atoms with Crippen molar-refractivity contribution in [1.29, 1.82) is 0 Å². The summed E-state index contributed by atoms with van der Waals surface area (Å²) in [6, 6.07) is -3.17. The second-order valence-electron chi connectivity index (χ2n) is 9.88. The summed E-state index contributed by atoms with van der Waals surface area (Å²) in [5.74, 6) is -11.7. The second kappa shape index (κ2) is 13.6. The normalized spacial score (nSPS) is 36.8. The highest BCUT2D eigenvalue weighted by molar-refractivity contribution is 5.77. The van der Waals surface area contributed by atoms with Crippen LogP contribution in [0.2, 0.25) is 0 Å². The van der Waals surface area contributed by atoms with E-state index in [1.165, 1.54) is 0 Å². The second-order valence-corrected chi connectivity index (χ2v) is 9.88. The first-order chi connectivity index (χ1) is 18.9. The quantitative estimate of drug-likeness (QED) is 0.0990. The number of carbonyl (C=O) groups excluding carboxylic acids is 2. The molecule has 0 radical (unpaired) electrons. The SMILES string of the molecule is CC(=O)N[C@H]1[C@H]([C@@H](O)[C@H](O)CO)O[C@@](O[C@H](CO)[C@@H](O)[C@@H]2O[C@](O)(C(=O)O)C[C@H](O)[C@H]2NC(C)=O)(C(=O)O)C[C@@H]1O. The van der Waals surface area contributed by atoms with Crippen LogP contribution >= 0.6 is 0 Å². The summed E-state index contributed by atoms with van der Waals surface area (Å²) < 4.78 is 15.9. The van der Waals surface area contributed by atoms with Crippen molar-refractivity contribution in [3.8, 4) is 0 Å². The van der Waals surface area contributed by atoms with Crippen LogP contribution < -0.4 is 10.6 Å². The van der Waals surface area contributed by atoms with Crippen LogP contribution in [0.25, 0.3) is 0 Å². The maximum absolute atomic E-state index is 12.4. The fourth-order valence-electron chi connectivity index (χ4n) is 4.73. The number of carbonyl (C=O) groups is 4. The Morgan fingerprint density at radius 1 is 0.829 bits per heavy atom. The van der Waals surface area contributed by atoms with Gasteiger partial charge in [0.2, 0.25) is 11.8 Å². The zero-order valence-corrected chi connectivity index (χ0v) is 21.9. The van der Waals surface area contributed by atoms with Gasteiger partial charge in [0, 0.05) is 26.7 Å². The van der Waals surface area contributed by atoms with E-state index in [1.807, 2.05) is 0 Å². The molecular weight excluding hydrogens is 564 g/mol. The number of aliphatic carboxylic acids is 2. The summed E-state index contributed by atoms with van der Waals surface area (Å²) in [7, 11) is 0. The topological polar surface area (TPSA) is 322 Å². The Bertz CT molecular complexity index is 968. The van der Waals surface area contributed by atoms with Gasteiger partial charge in [0.15, 0.2) is 0 Å². The van der Waals surface area contributed by atoms with Gasteiger partial charge in [-0.3, -0.25) is 9.59 Å². The summed E-state index contributed by atoms with van der Waals surface area (Å²) in [6.07, 6.45) is -18.2. The summed E-state index contributed by atoms with van der Waals surface area (Å²) in [4.78, 5) is 47.4. The Hall–Kier alpha value is -2.56. The molecule has 2 heterocycles. The predicted molar refractivity (Wildman–Crippen MR) is 126 cm³/mol. The predicted octanol–water partition coefficient (Wildman–Crippen LogP) is -6.70. The standard InChI is InChI=1S/C22H36N2O17/c1-7(27)23-13-9(29)3-21(38,19(34)35)40-18(13)16(33)12(6-26)39-22(20(36)37)4-10(30)14(24-8(2)28)17(41-22)15(32)11(31)5-25/h9-18,25-26,29-33,38H,3-6H2,1-2H3,(H,23,27)(H,24,28)(H,34,35)(H,36,37)/t9-,10-,11+,12+,13+,14+,15-,16+,17+,18+,21-,22+/m0/s1. The first kappa shape index (κ1) is 34.6. The molecule has 0 bridgehead atoms. The van der Waals surface area contributed by atoms with E-state index in [4.69, 9.17) is 14.2 Å². The smallest absolute Gasteiger partial charge is 0.364 e. The molecule has 0 aliphatic carbocycles. The summed E-state index contributed by atoms with van der Waals surface area (Å²) >= 11 is 0. The minimum Gasteiger partial charge on any atom is -0.477 e. The first-order valence-corrected chi connectivity index (χ1v) is 12.3. The fourth-order valence-corrected chi connectivity index (χ4v) is 4.73. The molecule has 41 heavy (non-hydrogen) atoms. The molecule has 12 N–H and O–H groups in total. The van der Waals surface area contributed by atoms with E-state index in [9.17, 15) is 70.2 Å². The molecule has 19 heteroatoms. The monoisotopic (exact) mass is 600 g/mol. The van der Waals surface area contributed by atoms with Crippen molar-refractivity contribution < 1.29 is 84.5 Å². The Morgan fingerprint density at radius 2 is 1.32 bits per heavy atom. The molecule has 0 saturated carbocycles. The Labute approximate surface area is 231 Å². The lowest BCUT2D eigenvalue weighted by Crippen LogP contribution is -2.70. The average Bonchev–Trinajstić information content (AvgIpc) is 2.88. The highest BCUT2D eigenvalue weighted by atomic mass is 16.7. The molecule has 2 rings (SSSR count). The number of rotatable bonds is 12. The lowest BCUT2D eigenvalue weighted by atomic mass is 9.87. The van der Waals surface area contributed by atoms with Gasteiger partial charge in [-0.2, -0.15) is 0 Å². The van der Waals surface area contributed by atoms with E-state index >= 15 is 0 Å². The third kappa shape index (κ3) is 7.64. The average molecular weight is 601 g/mol.